The lowest BCUT2D eigenvalue weighted by atomic mass is 9.77. The van der Waals surface area contributed by atoms with E-state index < -0.39 is 0 Å². The van der Waals surface area contributed by atoms with Crippen LogP contribution in [0.1, 0.15) is 61.9 Å². The standard InChI is InChI=1S/C51H41N/c1-50(2)40-24-12-10-22-37(40)46-42(50)28-27-34-39(30-43-47(48(34)46)38-23-11-13-25-41(38)51(43,3)4)45-32-18-6-8-20-35(32)49(36-21-9-7-19-33(36)45)52-29-15-17-31-16-5-14-26-44(31)52/h5-14,16,18-28,30H,15,17,29H2,1-4H3. The molecule has 8 aromatic rings. The van der Waals surface area contributed by atoms with Crippen molar-refractivity contribution in [2.24, 2.45) is 0 Å². The predicted molar refractivity (Wildman–Crippen MR) is 221 cm³/mol. The van der Waals surface area contributed by atoms with Crippen molar-refractivity contribution in [3.8, 4) is 33.4 Å². The molecular weight excluding hydrogens is 627 g/mol. The molecule has 0 spiro atoms. The van der Waals surface area contributed by atoms with Gasteiger partial charge in [0.1, 0.15) is 0 Å². The van der Waals surface area contributed by atoms with Crippen LogP contribution >= 0.6 is 0 Å². The fraction of sp³-hybridized carbons (Fsp3) is 0.176. The smallest absolute Gasteiger partial charge is 0.0570 e. The summed E-state index contributed by atoms with van der Waals surface area (Å²) in [6.45, 7) is 10.7. The van der Waals surface area contributed by atoms with Gasteiger partial charge in [0.2, 0.25) is 0 Å². The molecule has 1 heteroatoms. The van der Waals surface area contributed by atoms with Gasteiger partial charge in [-0.2, -0.15) is 0 Å². The van der Waals surface area contributed by atoms with Gasteiger partial charge in [-0.15, -0.1) is 0 Å². The maximum atomic E-state index is 2.61. The lowest BCUT2D eigenvalue weighted by molar-refractivity contribution is 0.660. The summed E-state index contributed by atoms with van der Waals surface area (Å²) in [6, 6.07) is 53.2. The maximum absolute atomic E-state index is 2.61. The van der Waals surface area contributed by atoms with Gasteiger partial charge in [-0.25, -0.2) is 0 Å². The molecule has 0 atom stereocenters. The third kappa shape index (κ3) is 3.78. The number of benzene rings is 8. The van der Waals surface area contributed by atoms with Crippen molar-refractivity contribution in [3.63, 3.8) is 0 Å². The van der Waals surface area contributed by atoms with Crippen molar-refractivity contribution in [1.82, 2.24) is 0 Å². The number of rotatable bonds is 2. The van der Waals surface area contributed by atoms with Crippen LogP contribution in [-0.2, 0) is 17.3 Å². The average Bonchev–Trinajstić information content (AvgIpc) is 3.56. The Labute approximate surface area is 306 Å². The highest BCUT2D eigenvalue weighted by Gasteiger charge is 2.42. The summed E-state index contributed by atoms with van der Waals surface area (Å²) < 4.78 is 0. The molecule has 0 aromatic heterocycles. The lowest BCUT2D eigenvalue weighted by Gasteiger charge is -2.34. The molecule has 1 nitrogen and oxygen atoms in total. The molecule has 8 aromatic carbocycles. The second kappa shape index (κ2) is 10.5. The molecule has 0 amide bonds. The first kappa shape index (κ1) is 30.0. The number of para-hydroxylation sites is 1. The number of nitrogens with zero attached hydrogens (tertiary/aromatic N) is 1. The zero-order valence-electron chi connectivity index (χ0n) is 30.3. The van der Waals surface area contributed by atoms with Gasteiger partial charge in [-0.3, -0.25) is 0 Å². The third-order valence-corrected chi connectivity index (χ3v) is 12.9. The van der Waals surface area contributed by atoms with E-state index in [-0.39, 0.29) is 10.8 Å². The van der Waals surface area contributed by atoms with Crippen LogP contribution < -0.4 is 4.90 Å². The number of aryl methyl sites for hydroxylation is 1. The minimum atomic E-state index is -0.145. The largest absolute Gasteiger partial charge is 0.340 e. The van der Waals surface area contributed by atoms with Crippen molar-refractivity contribution >= 4 is 43.7 Å². The molecule has 0 unspecified atom stereocenters. The maximum Gasteiger partial charge on any atom is 0.0570 e. The lowest BCUT2D eigenvalue weighted by Crippen LogP contribution is -2.25. The molecular formula is C51H41N. The topological polar surface area (TPSA) is 3.24 Å². The first-order chi connectivity index (χ1) is 25.4. The van der Waals surface area contributed by atoms with E-state index in [1.165, 1.54) is 105 Å². The van der Waals surface area contributed by atoms with E-state index >= 15 is 0 Å². The minimum absolute atomic E-state index is 0.0809. The second-order valence-electron chi connectivity index (χ2n) is 16.3. The van der Waals surface area contributed by atoms with Gasteiger partial charge in [0.15, 0.2) is 0 Å². The number of fused-ring (bicyclic) bond motifs is 12. The van der Waals surface area contributed by atoms with Gasteiger partial charge in [-0.05, 0) is 108 Å². The van der Waals surface area contributed by atoms with Crippen LogP contribution in [0.15, 0.2) is 140 Å². The molecule has 0 fully saturated rings. The molecule has 2 aliphatic carbocycles. The summed E-state index contributed by atoms with van der Waals surface area (Å²) in [4.78, 5) is 2.61. The van der Waals surface area contributed by atoms with Gasteiger partial charge < -0.3 is 4.90 Å². The highest BCUT2D eigenvalue weighted by atomic mass is 15.1. The average molecular weight is 668 g/mol. The van der Waals surface area contributed by atoms with Gasteiger partial charge in [-0.1, -0.05) is 155 Å². The molecule has 0 bridgehead atoms. The van der Waals surface area contributed by atoms with E-state index in [9.17, 15) is 0 Å². The fourth-order valence-corrected chi connectivity index (χ4v) is 10.5. The molecule has 0 saturated heterocycles. The zero-order valence-corrected chi connectivity index (χ0v) is 30.3. The van der Waals surface area contributed by atoms with Crippen LogP contribution in [-0.4, -0.2) is 6.54 Å². The van der Waals surface area contributed by atoms with Crippen LogP contribution in [0.2, 0.25) is 0 Å². The summed E-state index contributed by atoms with van der Waals surface area (Å²) in [7, 11) is 0. The molecule has 0 saturated carbocycles. The van der Waals surface area contributed by atoms with E-state index in [0.29, 0.717) is 0 Å². The van der Waals surface area contributed by atoms with Crippen LogP contribution in [0.4, 0.5) is 11.4 Å². The first-order valence-corrected chi connectivity index (χ1v) is 19.0. The van der Waals surface area contributed by atoms with Crippen LogP contribution in [0, 0.1) is 0 Å². The third-order valence-electron chi connectivity index (χ3n) is 12.9. The van der Waals surface area contributed by atoms with Gasteiger partial charge in [0.25, 0.3) is 0 Å². The van der Waals surface area contributed by atoms with Gasteiger partial charge in [0.05, 0.1) is 5.69 Å². The molecule has 250 valence electrons. The molecule has 3 aliphatic rings. The SMILES string of the molecule is CC1(C)c2ccccc2-c2c1ccc1c(-c3c4ccccc4c(N4CCCc5ccccc54)c4ccccc34)cc3c(c21)-c1ccccc1C3(C)C. The van der Waals surface area contributed by atoms with Gasteiger partial charge >= 0.3 is 0 Å². The summed E-state index contributed by atoms with van der Waals surface area (Å²) in [5, 5.41) is 8.01. The van der Waals surface area contributed by atoms with Gasteiger partial charge in [0, 0.05) is 33.8 Å². The zero-order chi connectivity index (χ0) is 34.9. The quantitative estimate of drug-likeness (QED) is 0.166. The highest BCUT2D eigenvalue weighted by Crippen LogP contribution is 2.60. The summed E-state index contributed by atoms with van der Waals surface area (Å²) >= 11 is 0. The van der Waals surface area contributed by atoms with Crippen molar-refractivity contribution < 1.29 is 0 Å². The Hall–Kier alpha value is -5.66. The Bertz CT molecular complexity index is 2760. The summed E-state index contributed by atoms with van der Waals surface area (Å²) in [5.41, 5.74) is 17.8. The van der Waals surface area contributed by atoms with E-state index in [0.717, 1.165) is 19.4 Å². The Morgan fingerprint density at radius 1 is 0.442 bits per heavy atom. The van der Waals surface area contributed by atoms with Crippen molar-refractivity contribution in [1.29, 1.82) is 0 Å². The van der Waals surface area contributed by atoms with E-state index in [4.69, 9.17) is 0 Å². The van der Waals surface area contributed by atoms with E-state index in [1.807, 2.05) is 0 Å². The first-order valence-electron chi connectivity index (χ1n) is 19.0. The van der Waals surface area contributed by atoms with Crippen LogP contribution in [0.5, 0.6) is 0 Å². The minimum Gasteiger partial charge on any atom is -0.340 e. The number of hydrogen-bond donors (Lipinski definition) is 0. The predicted octanol–water partition coefficient (Wildman–Crippen LogP) is 13.5. The van der Waals surface area contributed by atoms with Crippen molar-refractivity contribution in [2.75, 3.05) is 11.4 Å². The van der Waals surface area contributed by atoms with E-state index in [1.54, 1.807) is 0 Å². The highest BCUT2D eigenvalue weighted by molar-refractivity contribution is 6.26. The molecule has 0 N–H and O–H groups in total. The van der Waals surface area contributed by atoms with Crippen molar-refractivity contribution in [2.45, 2.75) is 51.4 Å². The number of anilines is 2. The molecule has 1 heterocycles. The molecule has 1 aliphatic heterocycles. The second-order valence-corrected chi connectivity index (χ2v) is 16.3. The summed E-state index contributed by atoms with van der Waals surface area (Å²) in [5.74, 6) is 0. The van der Waals surface area contributed by atoms with Crippen LogP contribution in [0.3, 0.4) is 0 Å². The van der Waals surface area contributed by atoms with Crippen LogP contribution in [0.25, 0.3) is 65.7 Å². The summed E-state index contributed by atoms with van der Waals surface area (Å²) in [6.07, 6.45) is 2.28. The molecule has 0 radical (unpaired) electrons. The Morgan fingerprint density at radius 3 is 1.65 bits per heavy atom. The van der Waals surface area contributed by atoms with Crippen molar-refractivity contribution in [3.05, 3.63) is 167 Å². The molecule has 11 rings (SSSR count). The van der Waals surface area contributed by atoms with E-state index in [2.05, 4.69) is 172 Å². The number of hydrogen-bond acceptors (Lipinski definition) is 1. The Balaban J connectivity index is 1.32. The normalized spacial score (nSPS) is 16.1. The fourth-order valence-electron chi connectivity index (χ4n) is 10.5. The molecule has 52 heavy (non-hydrogen) atoms. The monoisotopic (exact) mass is 667 g/mol. The Morgan fingerprint density at radius 2 is 0.981 bits per heavy atom. The Kier molecular flexibility index (Phi) is 6.03.